The quantitative estimate of drug-likeness (QED) is 0.861. The second kappa shape index (κ2) is 6.07. The summed E-state index contributed by atoms with van der Waals surface area (Å²) in [6.45, 7) is 6.22. The van der Waals surface area contributed by atoms with E-state index in [9.17, 15) is 0 Å². The van der Waals surface area contributed by atoms with Crippen LogP contribution in [0.4, 0.5) is 0 Å². The minimum absolute atomic E-state index is 0.322. The largest absolute Gasteiger partial charge is 0.351 e. The van der Waals surface area contributed by atoms with E-state index in [1.54, 1.807) is 0 Å². The molecule has 0 aliphatic heterocycles. The molecule has 2 nitrogen and oxygen atoms in total. The highest BCUT2D eigenvalue weighted by Gasteiger charge is 2.06. The van der Waals surface area contributed by atoms with Crippen molar-refractivity contribution in [3.05, 3.63) is 58.9 Å². The van der Waals surface area contributed by atoms with Gasteiger partial charge in [0.25, 0.3) is 0 Å². The highest BCUT2D eigenvalue weighted by Crippen LogP contribution is 2.16. The summed E-state index contributed by atoms with van der Waals surface area (Å²) >= 11 is 5.89. The number of nitrogens with zero attached hydrogens (tertiary/aromatic N) is 1. The van der Waals surface area contributed by atoms with Crippen molar-refractivity contribution in [3.63, 3.8) is 0 Å². The van der Waals surface area contributed by atoms with E-state index in [-0.39, 0.29) is 0 Å². The highest BCUT2D eigenvalue weighted by atomic mass is 35.5. The lowest BCUT2D eigenvalue weighted by molar-refractivity contribution is 0.549. The van der Waals surface area contributed by atoms with Crippen LogP contribution in [0.3, 0.4) is 0 Å². The molecule has 0 aliphatic carbocycles. The second-order valence-electron chi connectivity index (χ2n) is 4.44. The third kappa shape index (κ3) is 3.15. The average molecular weight is 263 g/mol. The summed E-state index contributed by atoms with van der Waals surface area (Å²) in [5.74, 6) is 0. The molecule has 0 amide bonds. The van der Waals surface area contributed by atoms with Crippen LogP contribution in [0, 0.1) is 0 Å². The zero-order valence-corrected chi connectivity index (χ0v) is 11.6. The first-order chi connectivity index (χ1) is 8.70. The van der Waals surface area contributed by atoms with Gasteiger partial charge in [0, 0.05) is 36.0 Å². The molecule has 18 heavy (non-hydrogen) atoms. The summed E-state index contributed by atoms with van der Waals surface area (Å²) < 4.78 is 2.25. The number of nitrogens with one attached hydrogen (secondary N) is 1. The minimum atomic E-state index is 0.322. The summed E-state index contributed by atoms with van der Waals surface area (Å²) in [6.07, 6.45) is 2.12. The van der Waals surface area contributed by atoms with E-state index in [0.29, 0.717) is 6.04 Å². The Balaban J connectivity index is 1.96. The topological polar surface area (TPSA) is 17.0 Å². The number of aryl methyl sites for hydroxylation is 1. The van der Waals surface area contributed by atoms with E-state index in [2.05, 4.69) is 54.2 Å². The van der Waals surface area contributed by atoms with E-state index in [1.165, 1.54) is 11.3 Å². The molecule has 1 aromatic heterocycles. The summed E-state index contributed by atoms with van der Waals surface area (Å²) in [5, 5.41) is 4.31. The van der Waals surface area contributed by atoms with Crippen molar-refractivity contribution in [1.29, 1.82) is 0 Å². The number of halogens is 1. The van der Waals surface area contributed by atoms with Gasteiger partial charge >= 0.3 is 0 Å². The van der Waals surface area contributed by atoms with Gasteiger partial charge in [-0.05, 0) is 43.7 Å². The monoisotopic (exact) mass is 262 g/mol. The van der Waals surface area contributed by atoms with Gasteiger partial charge in [0.05, 0.1) is 0 Å². The minimum Gasteiger partial charge on any atom is -0.351 e. The van der Waals surface area contributed by atoms with Gasteiger partial charge in [-0.1, -0.05) is 23.7 Å². The molecular weight excluding hydrogens is 244 g/mol. The van der Waals surface area contributed by atoms with E-state index < -0.39 is 0 Å². The average Bonchev–Trinajstić information content (AvgIpc) is 2.84. The Kier molecular flexibility index (Phi) is 4.45. The van der Waals surface area contributed by atoms with Crippen LogP contribution in [-0.2, 0) is 13.1 Å². The Morgan fingerprint density at radius 2 is 1.94 bits per heavy atom. The molecule has 0 radical (unpaired) electrons. The molecule has 2 rings (SSSR count). The lowest BCUT2D eigenvalue weighted by Crippen LogP contribution is -2.19. The molecule has 0 fully saturated rings. The van der Waals surface area contributed by atoms with Crippen LogP contribution < -0.4 is 5.32 Å². The van der Waals surface area contributed by atoms with Gasteiger partial charge in [0.15, 0.2) is 0 Å². The molecule has 0 spiro atoms. The molecule has 1 heterocycles. The van der Waals surface area contributed by atoms with Gasteiger partial charge in [-0.15, -0.1) is 0 Å². The molecular formula is C15H19ClN2. The molecule has 1 N–H and O–H groups in total. The van der Waals surface area contributed by atoms with Crippen molar-refractivity contribution in [3.8, 4) is 0 Å². The van der Waals surface area contributed by atoms with E-state index in [0.717, 1.165) is 18.1 Å². The zero-order valence-electron chi connectivity index (χ0n) is 10.9. The summed E-state index contributed by atoms with van der Waals surface area (Å²) in [5.41, 5.74) is 2.58. The number of aromatic nitrogens is 1. The van der Waals surface area contributed by atoms with Gasteiger partial charge in [0.1, 0.15) is 0 Å². The fourth-order valence-corrected chi connectivity index (χ4v) is 2.17. The first kappa shape index (κ1) is 13.2. The van der Waals surface area contributed by atoms with Crippen LogP contribution in [0.1, 0.15) is 31.1 Å². The predicted molar refractivity (Wildman–Crippen MR) is 76.8 cm³/mol. The maximum Gasteiger partial charge on any atom is 0.0406 e. The number of hydrogen-bond acceptors (Lipinski definition) is 1. The summed E-state index contributed by atoms with van der Waals surface area (Å²) in [4.78, 5) is 0. The Labute approximate surface area is 114 Å². The van der Waals surface area contributed by atoms with Gasteiger partial charge in [-0.25, -0.2) is 0 Å². The molecule has 96 valence electrons. The van der Waals surface area contributed by atoms with Crippen LogP contribution in [-0.4, -0.2) is 4.57 Å². The third-order valence-electron chi connectivity index (χ3n) is 3.22. The molecule has 1 aromatic carbocycles. The summed E-state index contributed by atoms with van der Waals surface area (Å²) in [7, 11) is 0. The molecule has 0 bridgehead atoms. The molecule has 0 saturated carbocycles. The number of rotatable bonds is 5. The number of benzene rings is 1. The maximum atomic E-state index is 5.89. The fraction of sp³-hybridized carbons (Fsp3) is 0.333. The maximum absolute atomic E-state index is 5.89. The Hall–Kier alpha value is -1.25. The summed E-state index contributed by atoms with van der Waals surface area (Å²) in [6, 6.07) is 12.6. The smallest absolute Gasteiger partial charge is 0.0406 e. The molecule has 2 aromatic rings. The SMILES string of the molecule is CCn1cccc1CN[C@@H](C)c1ccc(Cl)cc1. The van der Waals surface area contributed by atoms with E-state index in [1.807, 2.05) is 12.1 Å². The van der Waals surface area contributed by atoms with Crippen molar-refractivity contribution in [2.24, 2.45) is 0 Å². The van der Waals surface area contributed by atoms with Crippen LogP contribution in [0.25, 0.3) is 0 Å². The highest BCUT2D eigenvalue weighted by molar-refractivity contribution is 6.30. The zero-order chi connectivity index (χ0) is 13.0. The van der Waals surface area contributed by atoms with Crippen molar-refractivity contribution in [2.45, 2.75) is 33.0 Å². The van der Waals surface area contributed by atoms with Crippen molar-refractivity contribution >= 4 is 11.6 Å². The van der Waals surface area contributed by atoms with Crippen molar-refractivity contribution in [2.75, 3.05) is 0 Å². The standard InChI is InChI=1S/C15H19ClN2/c1-3-18-10-4-5-15(18)11-17-12(2)13-6-8-14(16)9-7-13/h4-10,12,17H,3,11H2,1-2H3/t12-/m0/s1. The molecule has 1 atom stereocenters. The van der Waals surface area contributed by atoms with Gasteiger partial charge in [-0.3, -0.25) is 0 Å². The Morgan fingerprint density at radius 3 is 2.61 bits per heavy atom. The molecule has 0 unspecified atom stereocenters. The predicted octanol–water partition coefficient (Wildman–Crippen LogP) is 4.01. The number of hydrogen-bond donors (Lipinski definition) is 1. The molecule has 3 heteroatoms. The Bertz CT molecular complexity index is 487. The normalized spacial score (nSPS) is 12.6. The molecule has 0 aliphatic rings. The van der Waals surface area contributed by atoms with E-state index >= 15 is 0 Å². The van der Waals surface area contributed by atoms with Crippen LogP contribution in [0.15, 0.2) is 42.6 Å². The Morgan fingerprint density at radius 1 is 1.22 bits per heavy atom. The van der Waals surface area contributed by atoms with Crippen molar-refractivity contribution < 1.29 is 0 Å². The second-order valence-corrected chi connectivity index (χ2v) is 4.88. The first-order valence-corrected chi connectivity index (χ1v) is 6.71. The lowest BCUT2D eigenvalue weighted by Gasteiger charge is -2.15. The van der Waals surface area contributed by atoms with Crippen molar-refractivity contribution in [1.82, 2.24) is 9.88 Å². The molecule has 0 saturated heterocycles. The van der Waals surface area contributed by atoms with Crippen LogP contribution >= 0.6 is 11.6 Å². The van der Waals surface area contributed by atoms with Crippen LogP contribution in [0.5, 0.6) is 0 Å². The first-order valence-electron chi connectivity index (χ1n) is 6.33. The third-order valence-corrected chi connectivity index (χ3v) is 3.48. The van der Waals surface area contributed by atoms with Crippen LogP contribution in [0.2, 0.25) is 5.02 Å². The van der Waals surface area contributed by atoms with Gasteiger partial charge < -0.3 is 9.88 Å². The lowest BCUT2D eigenvalue weighted by atomic mass is 10.1. The van der Waals surface area contributed by atoms with Gasteiger partial charge in [0.2, 0.25) is 0 Å². The van der Waals surface area contributed by atoms with E-state index in [4.69, 9.17) is 11.6 Å². The fourth-order valence-electron chi connectivity index (χ4n) is 2.05. The van der Waals surface area contributed by atoms with Gasteiger partial charge in [-0.2, -0.15) is 0 Å².